The average Bonchev–Trinajstić information content (AvgIpc) is 2.44. The van der Waals surface area contributed by atoms with Crippen LogP contribution >= 0.6 is 0 Å². The number of benzene rings is 1. The molecule has 2 saturated heterocycles. The van der Waals surface area contributed by atoms with Crippen LogP contribution < -0.4 is 0 Å². The Hall–Kier alpha value is -2.21. The number of carbonyl (C=O) groups is 3. The Morgan fingerprint density at radius 2 is 1.33 bits per heavy atom. The van der Waals surface area contributed by atoms with Crippen molar-refractivity contribution in [2.45, 2.75) is 56.7 Å². The Morgan fingerprint density at radius 1 is 0.875 bits per heavy atom. The number of esters is 3. The molecule has 0 amide bonds. The van der Waals surface area contributed by atoms with E-state index in [1.807, 2.05) is 38.1 Å². The zero-order valence-corrected chi connectivity index (χ0v) is 13.7. The Labute approximate surface area is 139 Å². The molecule has 0 aromatic heterocycles. The van der Waals surface area contributed by atoms with Gasteiger partial charge in [0.15, 0.2) is 0 Å². The van der Waals surface area contributed by atoms with Crippen molar-refractivity contribution in [1.29, 1.82) is 0 Å². The number of ether oxygens (including phenoxy) is 2. The van der Waals surface area contributed by atoms with Crippen molar-refractivity contribution < 1.29 is 29.0 Å². The van der Waals surface area contributed by atoms with Gasteiger partial charge in [0, 0.05) is 17.3 Å². The Morgan fingerprint density at radius 3 is 1.83 bits per heavy atom. The number of cyclic esters (lactones) is 3. The molecular formula is C18H20O6. The summed E-state index contributed by atoms with van der Waals surface area (Å²) in [5, 5.41) is 9.70. The lowest BCUT2D eigenvalue weighted by Gasteiger charge is -2.36. The van der Waals surface area contributed by atoms with Gasteiger partial charge in [0.25, 0.3) is 0 Å². The number of aliphatic hydroxyl groups is 1. The molecule has 2 unspecified atom stereocenters. The molecule has 2 aliphatic heterocycles. The van der Waals surface area contributed by atoms with Crippen molar-refractivity contribution in [2.75, 3.05) is 0 Å². The summed E-state index contributed by atoms with van der Waals surface area (Å²) < 4.78 is 9.39. The van der Waals surface area contributed by atoms with Crippen LogP contribution in [0.2, 0.25) is 0 Å². The number of rotatable bonds is 2. The third kappa shape index (κ3) is 3.06. The average molecular weight is 332 g/mol. The van der Waals surface area contributed by atoms with Crippen LogP contribution in [0.3, 0.4) is 0 Å². The lowest BCUT2D eigenvalue weighted by atomic mass is 9.72. The molecule has 0 radical (unpaired) electrons. The third-order valence-electron chi connectivity index (χ3n) is 5.00. The molecule has 2 aliphatic rings. The minimum absolute atomic E-state index is 0.153. The van der Waals surface area contributed by atoms with Crippen molar-refractivity contribution >= 4 is 17.9 Å². The zero-order chi connectivity index (χ0) is 17.5. The molecule has 0 saturated carbocycles. The van der Waals surface area contributed by atoms with Gasteiger partial charge < -0.3 is 14.6 Å². The highest BCUT2D eigenvalue weighted by atomic mass is 16.6. The lowest BCUT2D eigenvalue weighted by molar-refractivity contribution is -0.183. The maximum Gasteiger partial charge on any atom is 0.314 e. The summed E-state index contributed by atoms with van der Waals surface area (Å²) in [6.07, 6.45) is -0.258. The van der Waals surface area contributed by atoms with Crippen LogP contribution in [0, 0.1) is 0 Å². The highest BCUT2D eigenvalue weighted by Crippen LogP contribution is 2.39. The van der Waals surface area contributed by atoms with Crippen molar-refractivity contribution in [3.05, 3.63) is 35.4 Å². The molecule has 2 fully saturated rings. The molecule has 6 heteroatoms. The summed E-state index contributed by atoms with van der Waals surface area (Å²) >= 11 is 0. The molecule has 1 aromatic rings. The first kappa shape index (κ1) is 16.6. The van der Waals surface area contributed by atoms with Crippen LogP contribution in [0.15, 0.2) is 24.3 Å². The zero-order valence-electron chi connectivity index (χ0n) is 13.7. The molecule has 2 atom stereocenters. The van der Waals surface area contributed by atoms with Crippen LogP contribution in [-0.4, -0.2) is 29.3 Å². The number of hydrogen-bond acceptors (Lipinski definition) is 6. The molecule has 128 valence electrons. The van der Waals surface area contributed by atoms with Gasteiger partial charge in [-0.25, -0.2) is 0 Å². The largest absolute Gasteiger partial charge is 0.436 e. The second-order valence-electron chi connectivity index (χ2n) is 7.22. The monoisotopic (exact) mass is 332 g/mol. The number of aliphatic hydroxyl groups excluding tert-OH is 1. The summed E-state index contributed by atoms with van der Waals surface area (Å²) in [5.41, 5.74) is 0.695. The molecule has 0 spiro atoms. The van der Waals surface area contributed by atoms with Gasteiger partial charge >= 0.3 is 17.9 Å². The maximum atomic E-state index is 11.6. The van der Waals surface area contributed by atoms with E-state index >= 15 is 0 Å². The maximum absolute atomic E-state index is 11.6. The second kappa shape index (κ2) is 5.70. The summed E-state index contributed by atoms with van der Waals surface area (Å²) in [7, 11) is 0. The van der Waals surface area contributed by atoms with E-state index in [4.69, 9.17) is 4.74 Å². The van der Waals surface area contributed by atoms with E-state index in [2.05, 4.69) is 4.74 Å². The second-order valence-corrected chi connectivity index (χ2v) is 7.22. The molecule has 1 aromatic carbocycles. The highest BCUT2D eigenvalue weighted by Gasteiger charge is 2.41. The molecular weight excluding hydrogens is 312 g/mol. The molecule has 0 aliphatic carbocycles. The van der Waals surface area contributed by atoms with Gasteiger partial charge in [-0.05, 0) is 11.1 Å². The first-order chi connectivity index (χ1) is 11.2. The summed E-state index contributed by atoms with van der Waals surface area (Å²) in [6, 6.07) is 7.52. The van der Waals surface area contributed by atoms with Crippen molar-refractivity contribution in [3.63, 3.8) is 0 Å². The van der Waals surface area contributed by atoms with Crippen LogP contribution in [0.1, 0.15) is 50.7 Å². The smallest absolute Gasteiger partial charge is 0.314 e. The molecule has 3 rings (SSSR count). The van der Waals surface area contributed by atoms with E-state index in [1.54, 1.807) is 0 Å². The molecule has 6 nitrogen and oxygen atoms in total. The van der Waals surface area contributed by atoms with E-state index < -0.39 is 35.0 Å². The first-order valence-electron chi connectivity index (χ1n) is 7.92. The van der Waals surface area contributed by atoms with Gasteiger partial charge in [-0.3, -0.25) is 14.4 Å². The number of hydrogen-bond donors (Lipinski definition) is 1. The normalized spacial score (nSPS) is 29.8. The fourth-order valence-corrected chi connectivity index (χ4v) is 3.61. The van der Waals surface area contributed by atoms with Crippen LogP contribution in [0.4, 0.5) is 0 Å². The lowest BCUT2D eigenvalue weighted by Crippen LogP contribution is -2.39. The predicted octanol–water partition coefficient (Wildman–Crippen LogP) is 1.72. The van der Waals surface area contributed by atoms with Gasteiger partial charge in [-0.1, -0.05) is 38.1 Å². The van der Waals surface area contributed by atoms with Gasteiger partial charge in [0.2, 0.25) is 6.29 Å². The standard InChI is InChI=1S/C18H20O6/c1-17(7-13(19)23-14(20)8-17)11-3-5-12(6-4-11)18(2)9-15(21)24-16(22)10-18/h3-6,13,19H,7-10H2,1-2H3. The van der Waals surface area contributed by atoms with Gasteiger partial charge in [-0.15, -0.1) is 0 Å². The number of carbonyl (C=O) groups excluding carboxylic acids is 3. The fourth-order valence-electron chi connectivity index (χ4n) is 3.61. The van der Waals surface area contributed by atoms with Crippen LogP contribution in [0.25, 0.3) is 0 Å². The topological polar surface area (TPSA) is 89.9 Å². The minimum atomic E-state index is -1.10. The molecule has 24 heavy (non-hydrogen) atoms. The summed E-state index contributed by atoms with van der Waals surface area (Å²) in [4.78, 5) is 34.8. The van der Waals surface area contributed by atoms with Gasteiger partial charge in [0.05, 0.1) is 19.3 Å². The fraction of sp³-hybridized carbons (Fsp3) is 0.500. The summed E-state index contributed by atoms with van der Waals surface area (Å²) in [6.45, 7) is 3.78. The Balaban J connectivity index is 1.86. The highest BCUT2D eigenvalue weighted by molar-refractivity contribution is 5.90. The molecule has 1 N–H and O–H groups in total. The van der Waals surface area contributed by atoms with E-state index in [9.17, 15) is 19.5 Å². The molecule has 2 heterocycles. The Kier molecular flexibility index (Phi) is 3.95. The van der Waals surface area contributed by atoms with E-state index in [0.717, 1.165) is 11.1 Å². The van der Waals surface area contributed by atoms with E-state index in [0.29, 0.717) is 6.42 Å². The van der Waals surface area contributed by atoms with Crippen molar-refractivity contribution in [3.8, 4) is 0 Å². The van der Waals surface area contributed by atoms with Crippen LogP contribution in [-0.2, 0) is 34.7 Å². The summed E-state index contributed by atoms with van der Waals surface area (Å²) in [5.74, 6) is -1.45. The molecule has 0 bridgehead atoms. The Bertz CT molecular complexity index is 676. The van der Waals surface area contributed by atoms with E-state index in [1.165, 1.54) is 0 Å². The first-order valence-corrected chi connectivity index (χ1v) is 7.92. The van der Waals surface area contributed by atoms with Crippen molar-refractivity contribution in [1.82, 2.24) is 0 Å². The quantitative estimate of drug-likeness (QED) is 0.655. The third-order valence-corrected chi connectivity index (χ3v) is 5.00. The van der Waals surface area contributed by atoms with Crippen LogP contribution in [0.5, 0.6) is 0 Å². The predicted molar refractivity (Wildman–Crippen MR) is 82.8 cm³/mol. The van der Waals surface area contributed by atoms with Crippen molar-refractivity contribution in [2.24, 2.45) is 0 Å². The van der Waals surface area contributed by atoms with Gasteiger partial charge in [0.1, 0.15) is 0 Å². The van der Waals surface area contributed by atoms with E-state index in [-0.39, 0.29) is 19.3 Å². The van der Waals surface area contributed by atoms with Gasteiger partial charge in [-0.2, -0.15) is 0 Å². The SMILES string of the molecule is CC1(c2ccc(C3(C)CC(=O)OC(O)C3)cc2)CC(=O)OC(=O)C1. The minimum Gasteiger partial charge on any atom is -0.436 e.